The van der Waals surface area contributed by atoms with E-state index in [-0.39, 0.29) is 26.1 Å². The van der Waals surface area contributed by atoms with E-state index in [1.54, 1.807) is 0 Å². The molecule has 0 rings (SSSR count). The average Bonchev–Trinajstić information content (AvgIpc) is 3.38. The van der Waals surface area contributed by atoms with Gasteiger partial charge in [0.1, 0.15) is 19.8 Å². The minimum Gasteiger partial charge on any atom is -0.462 e. The summed E-state index contributed by atoms with van der Waals surface area (Å²) in [5.74, 6) is -0.915. The molecule has 1 N–H and O–H groups in total. The van der Waals surface area contributed by atoms with E-state index in [2.05, 4.69) is 190 Å². The highest BCUT2D eigenvalue weighted by molar-refractivity contribution is 7.47. The second-order valence-corrected chi connectivity index (χ2v) is 20.7. The van der Waals surface area contributed by atoms with Crippen LogP contribution in [0.2, 0.25) is 0 Å². The highest BCUT2D eigenvalue weighted by Crippen LogP contribution is 2.43. The Morgan fingerprint density at radius 1 is 0.408 bits per heavy atom. The van der Waals surface area contributed by atoms with Crippen LogP contribution in [-0.4, -0.2) is 74.9 Å². The molecule has 10 heteroatoms. The van der Waals surface area contributed by atoms with Crippen LogP contribution in [0, 0.1) is 0 Å². The van der Waals surface area contributed by atoms with Crippen molar-refractivity contribution in [3.05, 3.63) is 182 Å². The van der Waals surface area contributed by atoms with Crippen LogP contribution in [0.3, 0.4) is 0 Å². The second-order valence-electron chi connectivity index (χ2n) is 19.2. The van der Waals surface area contributed by atoms with Gasteiger partial charge in [0.15, 0.2) is 6.10 Å². The van der Waals surface area contributed by atoms with E-state index in [1.807, 2.05) is 27.2 Å². The summed E-state index contributed by atoms with van der Waals surface area (Å²) < 4.78 is 34.4. The van der Waals surface area contributed by atoms with Crippen LogP contribution < -0.4 is 0 Å². The van der Waals surface area contributed by atoms with E-state index in [0.29, 0.717) is 23.9 Å². The summed E-state index contributed by atoms with van der Waals surface area (Å²) in [6.45, 7) is 4.06. The molecule has 424 valence electrons. The van der Waals surface area contributed by atoms with Crippen molar-refractivity contribution in [2.45, 2.75) is 174 Å². The predicted octanol–water partition coefficient (Wildman–Crippen LogP) is 18.0. The summed E-state index contributed by atoms with van der Waals surface area (Å²) in [4.78, 5) is 35.6. The van der Waals surface area contributed by atoms with Gasteiger partial charge in [-0.1, -0.05) is 209 Å². The summed E-state index contributed by atoms with van der Waals surface area (Å²) in [5, 5.41) is 0. The van der Waals surface area contributed by atoms with Crippen molar-refractivity contribution in [3.8, 4) is 0 Å². The number of esters is 2. The summed E-state index contributed by atoms with van der Waals surface area (Å²) >= 11 is 0. The smallest absolute Gasteiger partial charge is 0.462 e. The molecule has 0 radical (unpaired) electrons. The number of likely N-dealkylation sites (N-methyl/N-ethyl adjacent to an activating group) is 1. The number of hydrogen-bond acceptors (Lipinski definition) is 7. The van der Waals surface area contributed by atoms with E-state index in [0.717, 1.165) is 128 Å². The average molecular weight is 1070 g/mol. The molecule has 0 amide bonds. The largest absolute Gasteiger partial charge is 0.472 e. The lowest BCUT2D eigenvalue weighted by molar-refractivity contribution is -0.870. The van der Waals surface area contributed by atoms with Crippen LogP contribution in [0.4, 0.5) is 0 Å². The van der Waals surface area contributed by atoms with Gasteiger partial charge in [0.25, 0.3) is 0 Å². The van der Waals surface area contributed by atoms with Crippen LogP contribution in [0.1, 0.15) is 168 Å². The lowest BCUT2D eigenvalue weighted by Crippen LogP contribution is -2.37. The van der Waals surface area contributed by atoms with Gasteiger partial charge in [0.2, 0.25) is 0 Å². The Morgan fingerprint density at radius 3 is 1.08 bits per heavy atom. The number of unbranched alkanes of at least 4 members (excludes halogenated alkanes) is 5. The van der Waals surface area contributed by atoms with Gasteiger partial charge in [-0.2, -0.15) is 0 Å². The van der Waals surface area contributed by atoms with Gasteiger partial charge >= 0.3 is 19.8 Å². The summed E-state index contributed by atoms with van der Waals surface area (Å²) in [5.41, 5.74) is 0. The molecule has 0 aliphatic carbocycles. The number of carbonyl (C=O) groups is 2. The fourth-order valence-electron chi connectivity index (χ4n) is 6.61. The Bertz CT molecular complexity index is 1930. The van der Waals surface area contributed by atoms with Crippen molar-refractivity contribution in [1.29, 1.82) is 0 Å². The fourth-order valence-corrected chi connectivity index (χ4v) is 7.35. The van der Waals surface area contributed by atoms with Gasteiger partial charge in [0.05, 0.1) is 27.7 Å². The molecule has 0 bridgehead atoms. The van der Waals surface area contributed by atoms with Crippen LogP contribution in [0.25, 0.3) is 0 Å². The Morgan fingerprint density at radius 2 is 0.724 bits per heavy atom. The van der Waals surface area contributed by atoms with Gasteiger partial charge in [-0.3, -0.25) is 18.6 Å². The third kappa shape index (κ3) is 58.4. The van der Waals surface area contributed by atoms with E-state index < -0.39 is 32.5 Å². The number of ether oxygens (including phenoxy) is 2. The molecule has 0 aliphatic heterocycles. The zero-order chi connectivity index (χ0) is 55.6. The maximum Gasteiger partial charge on any atom is 0.472 e. The summed E-state index contributed by atoms with van der Waals surface area (Å²) in [7, 11) is 1.39. The number of nitrogens with zero attached hydrogens (tertiary/aromatic N) is 1. The Kier molecular flexibility index (Phi) is 51.4. The molecule has 0 saturated carbocycles. The zero-order valence-corrected chi connectivity index (χ0v) is 48.8. The van der Waals surface area contributed by atoms with E-state index >= 15 is 0 Å². The molecule has 0 aromatic rings. The highest BCUT2D eigenvalue weighted by Gasteiger charge is 2.27. The molecule has 2 atom stereocenters. The SMILES string of the molecule is CC/C=C\C/C=C\C/C=C\C/C=C\C/C=C\C/C=C\C/C=C\C/C=C\C/C=C\C/C=C\CCCCCCC(=O)OC(COC(=O)CCC/C=C\C/C=C\C/C=C\C/C=C\C/C=C\CC)COP(=O)(O)OCC[N+](C)(C)C. The lowest BCUT2D eigenvalue weighted by Gasteiger charge is -2.24. The van der Waals surface area contributed by atoms with E-state index in [1.165, 1.54) is 0 Å². The number of quaternary nitrogens is 1. The van der Waals surface area contributed by atoms with Gasteiger partial charge in [0, 0.05) is 12.8 Å². The first-order chi connectivity index (χ1) is 37.0. The first kappa shape index (κ1) is 71.1. The maximum atomic E-state index is 12.8. The van der Waals surface area contributed by atoms with Crippen molar-refractivity contribution in [1.82, 2.24) is 0 Å². The third-order valence-corrected chi connectivity index (χ3v) is 11.9. The molecule has 0 saturated heterocycles. The molecular weight excluding hydrogens is 966 g/mol. The van der Waals surface area contributed by atoms with Crippen LogP contribution >= 0.6 is 7.82 Å². The summed E-state index contributed by atoms with van der Waals surface area (Å²) in [6.07, 6.45) is 85.4. The predicted molar refractivity (Wildman–Crippen MR) is 325 cm³/mol. The molecule has 2 unspecified atom stereocenters. The number of hydrogen-bond donors (Lipinski definition) is 1. The number of carbonyl (C=O) groups excluding carboxylic acids is 2. The van der Waals surface area contributed by atoms with Crippen molar-refractivity contribution in [2.75, 3.05) is 47.5 Å². The van der Waals surface area contributed by atoms with Crippen molar-refractivity contribution in [3.63, 3.8) is 0 Å². The van der Waals surface area contributed by atoms with E-state index in [4.69, 9.17) is 18.5 Å². The van der Waals surface area contributed by atoms with Crippen LogP contribution in [0.5, 0.6) is 0 Å². The highest BCUT2D eigenvalue weighted by atomic mass is 31.2. The van der Waals surface area contributed by atoms with E-state index in [9.17, 15) is 19.0 Å². The maximum absolute atomic E-state index is 12.8. The molecular formula is C66H103NO8P+. The standard InChI is InChI=1S/C66H102NO8P/c1-6-8-10-12-14-16-18-20-22-24-25-26-27-28-29-30-31-32-33-34-35-36-37-38-39-40-41-43-45-47-49-51-53-55-57-59-66(69)75-64(63-74-76(70,71)73-61-60-67(3,4)5)62-72-65(68)58-56-54-52-50-48-46-44-42-23-21-19-17-15-13-11-9-7-2/h8-11,14-17,20-23,25-26,28-29,31-32,34-35,37-38,40-41,44-47,50,52,64H,6-7,12-13,18-19,24,27,30,33,36,39,42-43,48-49,51,53-63H2,1-5H3/p+1/b10-8-,11-9-,16-14-,17-15-,22-20-,23-21-,26-25-,29-28-,32-31-,35-34-,38-37-,41-40-,46-44-,47-45-,52-50-. The first-order valence-corrected chi connectivity index (χ1v) is 30.0. The molecule has 0 aliphatic rings. The molecule has 9 nitrogen and oxygen atoms in total. The minimum absolute atomic E-state index is 0.00600. The van der Waals surface area contributed by atoms with Crippen molar-refractivity contribution >= 4 is 19.8 Å². The topological polar surface area (TPSA) is 108 Å². The van der Waals surface area contributed by atoms with Gasteiger partial charge in [-0.25, -0.2) is 4.57 Å². The number of allylic oxidation sites excluding steroid dienone is 30. The Balaban J connectivity index is 4.33. The molecule has 0 heterocycles. The van der Waals surface area contributed by atoms with Gasteiger partial charge < -0.3 is 18.9 Å². The summed E-state index contributed by atoms with van der Waals surface area (Å²) in [6, 6.07) is 0. The normalized spacial score (nSPS) is 14.7. The second kappa shape index (κ2) is 54.9. The molecule has 0 aromatic heterocycles. The van der Waals surface area contributed by atoms with Crippen LogP contribution in [-0.2, 0) is 32.7 Å². The number of rotatable bonds is 49. The number of phosphoric ester groups is 1. The molecule has 0 fully saturated rings. The monoisotopic (exact) mass is 1070 g/mol. The minimum atomic E-state index is -4.42. The molecule has 0 spiro atoms. The van der Waals surface area contributed by atoms with Gasteiger partial charge in [-0.15, -0.1) is 0 Å². The zero-order valence-electron chi connectivity index (χ0n) is 47.9. The molecule has 76 heavy (non-hydrogen) atoms. The molecule has 0 aromatic carbocycles. The Labute approximate surface area is 463 Å². The van der Waals surface area contributed by atoms with Crippen LogP contribution in [0.15, 0.2) is 182 Å². The van der Waals surface area contributed by atoms with Gasteiger partial charge in [-0.05, 0) is 128 Å². The number of phosphoric acid groups is 1. The van der Waals surface area contributed by atoms with Crippen molar-refractivity contribution < 1.29 is 42.1 Å². The first-order valence-electron chi connectivity index (χ1n) is 28.5. The fraction of sp³-hybridized carbons (Fsp3) is 0.515. The third-order valence-electron chi connectivity index (χ3n) is 10.9. The Hall–Kier alpha value is -4.89. The lowest BCUT2D eigenvalue weighted by atomic mass is 10.1. The van der Waals surface area contributed by atoms with Crippen molar-refractivity contribution in [2.24, 2.45) is 0 Å². The quantitative estimate of drug-likeness (QED) is 0.0211.